The molecule has 0 aliphatic heterocycles. The van der Waals surface area contributed by atoms with Crippen LogP contribution in [-0.2, 0) is 6.32 Å². The van der Waals surface area contributed by atoms with E-state index < -0.39 is 6.92 Å². The van der Waals surface area contributed by atoms with E-state index in [4.69, 9.17) is 0 Å². The summed E-state index contributed by atoms with van der Waals surface area (Å²) in [6.45, 7) is 9.82. The lowest BCUT2D eigenvalue weighted by atomic mass is 9.65. The Morgan fingerprint density at radius 2 is 1.56 bits per heavy atom. The molecule has 180 valence electrons. The van der Waals surface area contributed by atoms with Crippen molar-refractivity contribution in [1.82, 2.24) is 0 Å². The second-order valence-electron chi connectivity index (χ2n) is 9.13. The van der Waals surface area contributed by atoms with Gasteiger partial charge >= 0.3 is 0 Å². The molecular formula is C34H35BO. The lowest BCUT2D eigenvalue weighted by Gasteiger charge is -2.22. The Hall–Kier alpha value is -3.62. The first kappa shape index (κ1) is 25.5. The van der Waals surface area contributed by atoms with E-state index in [0.29, 0.717) is 6.32 Å². The maximum atomic E-state index is 10.1. The molecule has 1 N–H and O–H groups in total. The molecule has 1 aliphatic carbocycles. The SMILES string of the molecule is C=C1C=CCC/C1=C(\c1ccc(-c2cccc3ccccc23)cc1)c1ccccc1CB(C)O.CC. The number of fused-ring (bicyclic) bond motifs is 1. The van der Waals surface area contributed by atoms with Crippen LogP contribution in [-0.4, -0.2) is 11.9 Å². The van der Waals surface area contributed by atoms with Gasteiger partial charge in [-0.1, -0.05) is 130 Å². The monoisotopic (exact) mass is 470 g/mol. The lowest BCUT2D eigenvalue weighted by Crippen LogP contribution is -2.12. The van der Waals surface area contributed by atoms with Crippen molar-refractivity contribution in [3.8, 4) is 11.1 Å². The van der Waals surface area contributed by atoms with Crippen LogP contribution in [0.1, 0.15) is 43.4 Å². The van der Waals surface area contributed by atoms with Crippen LogP contribution in [0.5, 0.6) is 0 Å². The highest BCUT2D eigenvalue weighted by atomic mass is 16.2. The van der Waals surface area contributed by atoms with E-state index in [1.165, 1.54) is 49.7 Å². The van der Waals surface area contributed by atoms with Crippen molar-refractivity contribution in [2.24, 2.45) is 0 Å². The largest absolute Gasteiger partial charge is 0.450 e. The van der Waals surface area contributed by atoms with E-state index in [0.717, 1.165) is 18.4 Å². The minimum atomic E-state index is -0.393. The van der Waals surface area contributed by atoms with Gasteiger partial charge in [-0.15, -0.1) is 0 Å². The Morgan fingerprint density at radius 1 is 0.861 bits per heavy atom. The zero-order chi connectivity index (χ0) is 25.5. The van der Waals surface area contributed by atoms with Gasteiger partial charge in [-0.05, 0) is 74.5 Å². The van der Waals surface area contributed by atoms with Crippen molar-refractivity contribution in [3.63, 3.8) is 0 Å². The summed E-state index contributed by atoms with van der Waals surface area (Å²) < 4.78 is 0. The second-order valence-corrected chi connectivity index (χ2v) is 9.13. The Kier molecular flexibility index (Phi) is 8.41. The highest BCUT2D eigenvalue weighted by Gasteiger charge is 2.19. The molecule has 2 heteroatoms. The van der Waals surface area contributed by atoms with Crippen molar-refractivity contribution in [2.75, 3.05) is 0 Å². The van der Waals surface area contributed by atoms with Crippen molar-refractivity contribution < 1.29 is 5.02 Å². The van der Waals surface area contributed by atoms with Gasteiger partial charge in [0.05, 0.1) is 0 Å². The third kappa shape index (κ3) is 5.45. The number of benzene rings is 4. The summed E-state index contributed by atoms with van der Waals surface area (Å²) in [6.07, 6.45) is 6.96. The quantitative estimate of drug-likeness (QED) is 0.289. The van der Waals surface area contributed by atoms with Crippen LogP contribution in [0.3, 0.4) is 0 Å². The Morgan fingerprint density at radius 3 is 2.31 bits per heavy atom. The van der Waals surface area contributed by atoms with E-state index >= 15 is 0 Å². The predicted molar refractivity (Wildman–Crippen MR) is 158 cm³/mol. The van der Waals surface area contributed by atoms with Gasteiger partial charge in [0, 0.05) is 0 Å². The van der Waals surface area contributed by atoms with Crippen LogP contribution in [0.25, 0.3) is 27.5 Å². The highest BCUT2D eigenvalue weighted by molar-refractivity contribution is 6.48. The maximum Gasteiger partial charge on any atom is 0.290 e. The fraction of sp³-hybridized carbons (Fsp3) is 0.176. The zero-order valence-electron chi connectivity index (χ0n) is 21.7. The van der Waals surface area contributed by atoms with Gasteiger partial charge in [0.1, 0.15) is 0 Å². The number of allylic oxidation sites excluding steroid dienone is 4. The van der Waals surface area contributed by atoms with E-state index in [1.807, 2.05) is 20.7 Å². The lowest BCUT2D eigenvalue weighted by molar-refractivity contribution is 0.576. The molecule has 4 aromatic carbocycles. The molecule has 0 fully saturated rings. The van der Waals surface area contributed by atoms with Gasteiger partial charge in [-0.3, -0.25) is 0 Å². The van der Waals surface area contributed by atoms with Crippen LogP contribution < -0.4 is 0 Å². The highest BCUT2D eigenvalue weighted by Crippen LogP contribution is 2.38. The standard InChI is InChI=1S/C32H29BO.C2H6/c1-23-10-3-6-14-28(23)32(31-16-8-5-12-27(31)22-33(2)34)26-20-18-25(19-21-26)30-17-9-13-24-11-4-7-15-29(24)30;1-2/h3-5,7-13,15-21,34H,1,6,14,22H2,2H3;1-2H3/b32-28-;. The molecular weight excluding hydrogens is 435 g/mol. The fourth-order valence-corrected chi connectivity index (χ4v) is 5.05. The summed E-state index contributed by atoms with van der Waals surface area (Å²) in [6, 6.07) is 32.4. The Bertz CT molecular complexity index is 1400. The zero-order valence-corrected chi connectivity index (χ0v) is 21.7. The van der Waals surface area contributed by atoms with E-state index in [-0.39, 0.29) is 0 Å². The van der Waals surface area contributed by atoms with E-state index in [2.05, 4.69) is 110 Å². The second kappa shape index (κ2) is 11.9. The van der Waals surface area contributed by atoms with Crippen LogP contribution in [0.4, 0.5) is 0 Å². The van der Waals surface area contributed by atoms with Crippen molar-refractivity contribution in [2.45, 2.75) is 39.8 Å². The minimum Gasteiger partial charge on any atom is -0.450 e. The summed E-state index contributed by atoms with van der Waals surface area (Å²) in [5.74, 6) is 0. The van der Waals surface area contributed by atoms with Crippen LogP contribution in [0.2, 0.25) is 6.82 Å². The molecule has 0 radical (unpaired) electrons. The molecule has 0 saturated carbocycles. The van der Waals surface area contributed by atoms with Crippen LogP contribution >= 0.6 is 0 Å². The fourth-order valence-electron chi connectivity index (χ4n) is 5.05. The molecule has 0 heterocycles. The number of rotatable bonds is 5. The molecule has 0 bridgehead atoms. The minimum absolute atomic E-state index is 0.393. The molecule has 0 unspecified atom stereocenters. The molecule has 0 spiro atoms. The molecule has 0 aromatic heterocycles. The molecule has 0 saturated heterocycles. The summed E-state index contributed by atoms with van der Waals surface area (Å²) in [4.78, 5) is 0. The van der Waals surface area contributed by atoms with Crippen molar-refractivity contribution >= 4 is 23.3 Å². The first-order valence-corrected chi connectivity index (χ1v) is 13.1. The van der Waals surface area contributed by atoms with Gasteiger partial charge in [0.25, 0.3) is 6.92 Å². The molecule has 0 atom stereocenters. The molecule has 4 aromatic rings. The first-order chi connectivity index (χ1) is 17.6. The van der Waals surface area contributed by atoms with Gasteiger partial charge in [-0.2, -0.15) is 0 Å². The first-order valence-electron chi connectivity index (χ1n) is 13.1. The van der Waals surface area contributed by atoms with Crippen LogP contribution in [0, 0.1) is 0 Å². The van der Waals surface area contributed by atoms with Gasteiger partial charge in [0.15, 0.2) is 0 Å². The molecule has 1 nitrogen and oxygen atoms in total. The summed E-state index contributed by atoms with van der Waals surface area (Å²) in [5, 5.41) is 12.7. The average molecular weight is 470 g/mol. The number of hydrogen-bond acceptors (Lipinski definition) is 1. The maximum absolute atomic E-state index is 10.1. The number of hydrogen-bond donors (Lipinski definition) is 1. The third-order valence-electron chi connectivity index (χ3n) is 6.65. The van der Waals surface area contributed by atoms with Gasteiger partial charge in [-0.25, -0.2) is 0 Å². The smallest absolute Gasteiger partial charge is 0.290 e. The van der Waals surface area contributed by atoms with Crippen molar-refractivity contribution in [3.05, 3.63) is 138 Å². The Balaban J connectivity index is 0.00000148. The molecule has 0 amide bonds. The summed E-state index contributed by atoms with van der Waals surface area (Å²) in [7, 11) is 0. The Labute approximate surface area is 216 Å². The van der Waals surface area contributed by atoms with E-state index in [1.54, 1.807) is 0 Å². The summed E-state index contributed by atoms with van der Waals surface area (Å²) >= 11 is 0. The van der Waals surface area contributed by atoms with Gasteiger partial charge in [0.2, 0.25) is 0 Å². The predicted octanol–water partition coefficient (Wildman–Crippen LogP) is 8.94. The topological polar surface area (TPSA) is 20.2 Å². The van der Waals surface area contributed by atoms with Crippen LogP contribution in [0.15, 0.2) is 121 Å². The van der Waals surface area contributed by atoms with Crippen molar-refractivity contribution in [1.29, 1.82) is 0 Å². The van der Waals surface area contributed by atoms with E-state index in [9.17, 15) is 5.02 Å². The normalized spacial score (nSPS) is 14.3. The average Bonchev–Trinajstić information content (AvgIpc) is 2.92. The molecule has 36 heavy (non-hydrogen) atoms. The third-order valence-corrected chi connectivity index (χ3v) is 6.65. The summed E-state index contributed by atoms with van der Waals surface area (Å²) in [5.41, 5.74) is 9.60. The molecule has 1 aliphatic rings. The van der Waals surface area contributed by atoms with Gasteiger partial charge < -0.3 is 5.02 Å². The molecule has 5 rings (SSSR count).